The topological polar surface area (TPSA) is 108 Å². The third-order valence-corrected chi connectivity index (χ3v) is 15.9. The molecular weight excluding hydrogens is 1010 g/mol. The molecule has 81 heavy (non-hydrogen) atoms. The minimum absolute atomic E-state index is 0.179. The van der Waals surface area contributed by atoms with Crippen LogP contribution in [0.15, 0.2) is 36.5 Å². The fourth-order valence-corrected chi connectivity index (χ4v) is 10.5. The number of carbonyl (C=O) groups is 3. The Morgan fingerprint density at radius 1 is 0.370 bits per heavy atom. The van der Waals surface area contributed by atoms with Gasteiger partial charge in [0.1, 0.15) is 13.2 Å². The highest BCUT2D eigenvalue weighted by Crippen LogP contribution is 2.18. The Hall–Kier alpha value is -2.49. The summed E-state index contributed by atoms with van der Waals surface area (Å²) >= 11 is 0. The Balaban J connectivity index is 4.01. The van der Waals surface area contributed by atoms with Gasteiger partial charge in [-0.2, -0.15) is 0 Å². The summed E-state index contributed by atoms with van der Waals surface area (Å²) in [5.74, 6) is -1.99. The lowest BCUT2D eigenvalue weighted by Gasteiger charge is -2.25. The van der Waals surface area contributed by atoms with E-state index in [1.165, 1.54) is 270 Å². The number of ether oxygens (including phenoxy) is 4. The summed E-state index contributed by atoms with van der Waals surface area (Å²) in [5, 5.41) is 9.73. The molecule has 0 saturated heterocycles. The van der Waals surface area contributed by atoms with Crippen LogP contribution >= 0.6 is 0 Å². The molecule has 0 bridgehead atoms. The SMILES string of the molecule is CCCCCCC/C=C\C/C=C\CCCCCCCCCCCC(=O)OC(COC(=O)CCCCCCCCCCCCCCCCCCCCCCCCC/C=C\CCCCCCCCCC)COC(OCC[N+](C)(C)C)C(=O)O. The first-order valence-electron chi connectivity index (χ1n) is 35.2. The van der Waals surface area contributed by atoms with Crippen molar-refractivity contribution in [2.24, 2.45) is 0 Å². The van der Waals surface area contributed by atoms with E-state index < -0.39 is 24.3 Å². The molecule has 0 saturated carbocycles. The summed E-state index contributed by atoms with van der Waals surface area (Å²) in [6.07, 6.45) is 77.0. The van der Waals surface area contributed by atoms with Gasteiger partial charge >= 0.3 is 17.9 Å². The average molecular weight is 1140 g/mol. The second kappa shape index (κ2) is 63.5. The van der Waals surface area contributed by atoms with Gasteiger partial charge in [-0.15, -0.1) is 0 Å². The minimum Gasteiger partial charge on any atom is -0.477 e. The smallest absolute Gasteiger partial charge is 0.361 e. The van der Waals surface area contributed by atoms with Crippen LogP contribution in [0, 0.1) is 0 Å². The zero-order chi connectivity index (χ0) is 59.1. The van der Waals surface area contributed by atoms with Crippen LogP contribution in [0.25, 0.3) is 0 Å². The fourth-order valence-electron chi connectivity index (χ4n) is 10.5. The van der Waals surface area contributed by atoms with Crippen molar-refractivity contribution in [3.63, 3.8) is 0 Å². The summed E-state index contributed by atoms with van der Waals surface area (Å²) in [6, 6.07) is 0. The summed E-state index contributed by atoms with van der Waals surface area (Å²) in [6.45, 7) is 4.92. The maximum absolute atomic E-state index is 12.9. The van der Waals surface area contributed by atoms with Gasteiger partial charge in [0.2, 0.25) is 0 Å². The quantitative estimate of drug-likeness (QED) is 0.0211. The van der Waals surface area contributed by atoms with Crippen molar-refractivity contribution in [1.29, 1.82) is 0 Å². The molecule has 0 spiro atoms. The van der Waals surface area contributed by atoms with Gasteiger partial charge in [-0.1, -0.05) is 301 Å². The maximum atomic E-state index is 12.9. The number of hydrogen-bond acceptors (Lipinski definition) is 7. The van der Waals surface area contributed by atoms with Crippen LogP contribution in [-0.2, 0) is 33.3 Å². The third kappa shape index (κ3) is 64.9. The van der Waals surface area contributed by atoms with E-state index in [1.807, 2.05) is 21.1 Å². The summed E-state index contributed by atoms with van der Waals surface area (Å²) in [7, 11) is 5.98. The van der Waals surface area contributed by atoms with Crippen molar-refractivity contribution in [2.75, 3.05) is 47.5 Å². The zero-order valence-corrected chi connectivity index (χ0v) is 54.5. The number of unbranched alkanes of at least 4 members (excludes halogenated alkanes) is 45. The van der Waals surface area contributed by atoms with E-state index in [0.29, 0.717) is 17.4 Å². The standard InChI is InChI=1S/C72H135NO8/c1-6-8-10-12-14-16-18-20-22-24-26-28-29-30-31-32-33-34-35-36-37-38-39-40-41-43-44-46-48-50-52-54-56-58-60-62-69(74)79-66-68(67-80-72(71(76)77)78-65-64-73(3,4)5)81-70(75)63-61-59-57-55-53-51-49-47-45-42-27-25-23-21-19-17-15-13-11-9-7-2/h19,21,24-27,68,72H,6-18,20,22-23,28-67H2,1-5H3/p+1/b21-19-,26-24-,27-25-. The van der Waals surface area contributed by atoms with Gasteiger partial charge in [0.15, 0.2) is 6.10 Å². The number of carbonyl (C=O) groups excluding carboxylic acids is 2. The number of esters is 2. The molecule has 0 heterocycles. The van der Waals surface area contributed by atoms with E-state index in [4.69, 9.17) is 18.9 Å². The highest BCUT2D eigenvalue weighted by Gasteiger charge is 2.25. The maximum Gasteiger partial charge on any atom is 0.361 e. The van der Waals surface area contributed by atoms with Crippen LogP contribution in [0.3, 0.4) is 0 Å². The number of allylic oxidation sites excluding steroid dienone is 6. The van der Waals surface area contributed by atoms with E-state index in [0.717, 1.165) is 51.4 Å². The predicted octanol–water partition coefficient (Wildman–Crippen LogP) is 21.6. The number of rotatable bonds is 66. The van der Waals surface area contributed by atoms with E-state index in [9.17, 15) is 19.5 Å². The van der Waals surface area contributed by atoms with Crippen molar-refractivity contribution in [1.82, 2.24) is 0 Å². The van der Waals surface area contributed by atoms with Gasteiger partial charge < -0.3 is 28.5 Å². The molecular formula is C72H136NO8+. The molecule has 0 aromatic heterocycles. The Bertz CT molecular complexity index is 1420. The zero-order valence-electron chi connectivity index (χ0n) is 54.5. The fraction of sp³-hybridized carbons (Fsp3) is 0.875. The van der Waals surface area contributed by atoms with Gasteiger partial charge in [-0.05, 0) is 70.6 Å². The van der Waals surface area contributed by atoms with Crippen LogP contribution in [0.2, 0.25) is 0 Å². The van der Waals surface area contributed by atoms with E-state index in [1.54, 1.807) is 0 Å². The second-order valence-electron chi connectivity index (χ2n) is 25.2. The predicted molar refractivity (Wildman–Crippen MR) is 346 cm³/mol. The molecule has 0 aliphatic heterocycles. The Labute approximate surface area is 502 Å². The van der Waals surface area contributed by atoms with Gasteiger partial charge in [0, 0.05) is 12.8 Å². The van der Waals surface area contributed by atoms with Crippen LogP contribution in [0.5, 0.6) is 0 Å². The molecule has 0 aliphatic rings. The largest absolute Gasteiger partial charge is 0.477 e. The lowest BCUT2D eigenvalue weighted by atomic mass is 10.0. The monoisotopic (exact) mass is 1140 g/mol. The first-order chi connectivity index (χ1) is 39.6. The molecule has 1 N–H and O–H groups in total. The number of quaternary nitrogens is 1. The van der Waals surface area contributed by atoms with Crippen LogP contribution in [-0.4, -0.2) is 87.4 Å². The lowest BCUT2D eigenvalue weighted by Crippen LogP contribution is -2.40. The van der Waals surface area contributed by atoms with Crippen LogP contribution in [0.1, 0.15) is 348 Å². The van der Waals surface area contributed by atoms with E-state index in [-0.39, 0.29) is 32.2 Å². The van der Waals surface area contributed by atoms with Crippen molar-refractivity contribution in [3.8, 4) is 0 Å². The Morgan fingerprint density at radius 3 is 0.988 bits per heavy atom. The molecule has 9 nitrogen and oxygen atoms in total. The molecule has 0 amide bonds. The summed E-state index contributed by atoms with van der Waals surface area (Å²) < 4.78 is 23.0. The first kappa shape index (κ1) is 78.5. The molecule has 2 atom stereocenters. The second-order valence-corrected chi connectivity index (χ2v) is 25.2. The normalized spacial score (nSPS) is 12.9. The van der Waals surface area contributed by atoms with Gasteiger partial charge in [0.25, 0.3) is 6.29 Å². The average Bonchev–Trinajstić information content (AvgIpc) is 3.44. The van der Waals surface area contributed by atoms with Gasteiger partial charge in [0.05, 0.1) is 34.4 Å². The van der Waals surface area contributed by atoms with Crippen molar-refractivity contribution in [2.45, 2.75) is 360 Å². The van der Waals surface area contributed by atoms with E-state index >= 15 is 0 Å². The Kier molecular flexibility index (Phi) is 61.6. The molecule has 0 aliphatic carbocycles. The molecule has 0 radical (unpaired) electrons. The molecule has 0 aromatic carbocycles. The minimum atomic E-state index is -1.51. The first-order valence-corrected chi connectivity index (χ1v) is 35.2. The number of nitrogens with zero attached hydrogens (tertiary/aromatic N) is 1. The molecule has 9 heteroatoms. The van der Waals surface area contributed by atoms with Gasteiger partial charge in [-0.3, -0.25) is 9.59 Å². The van der Waals surface area contributed by atoms with Crippen LogP contribution < -0.4 is 0 Å². The molecule has 2 unspecified atom stereocenters. The number of carboxylic acid groups (broad SMARTS) is 1. The third-order valence-electron chi connectivity index (χ3n) is 15.9. The van der Waals surface area contributed by atoms with Crippen molar-refractivity contribution >= 4 is 17.9 Å². The number of aliphatic carboxylic acids is 1. The van der Waals surface area contributed by atoms with Gasteiger partial charge in [-0.25, -0.2) is 4.79 Å². The van der Waals surface area contributed by atoms with E-state index in [2.05, 4.69) is 50.3 Å². The van der Waals surface area contributed by atoms with Crippen molar-refractivity contribution in [3.05, 3.63) is 36.5 Å². The summed E-state index contributed by atoms with van der Waals surface area (Å²) in [4.78, 5) is 37.6. The van der Waals surface area contributed by atoms with Crippen molar-refractivity contribution < 1.29 is 42.9 Å². The highest BCUT2D eigenvalue weighted by molar-refractivity contribution is 5.71. The number of carboxylic acids is 1. The van der Waals surface area contributed by atoms with Crippen LogP contribution in [0.4, 0.5) is 0 Å². The summed E-state index contributed by atoms with van der Waals surface area (Å²) in [5.41, 5.74) is 0. The lowest BCUT2D eigenvalue weighted by molar-refractivity contribution is -0.870. The highest BCUT2D eigenvalue weighted by atomic mass is 16.7. The molecule has 476 valence electrons. The Morgan fingerprint density at radius 2 is 0.667 bits per heavy atom. The molecule has 0 fully saturated rings. The number of hydrogen-bond donors (Lipinski definition) is 1. The molecule has 0 rings (SSSR count). The molecule has 0 aromatic rings. The number of likely N-dealkylation sites (N-methyl/N-ethyl adjacent to an activating group) is 1.